The molecule has 1 fully saturated rings. The van der Waals surface area contributed by atoms with Crippen LogP contribution in [0.15, 0.2) is 21.2 Å². The highest BCUT2D eigenvalue weighted by Crippen LogP contribution is 2.34. The van der Waals surface area contributed by atoms with Crippen molar-refractivity contribution in [3.05, 3.63) is 26.9 Å². The molecule has 2 N–H and O–H groups in total. The van der Waals surface area contributed by atoms with Gasteiger partial charge >= 0.3 is 0 Å². The van der Waals surface area contributed by atoms with Gasteiger partial charge in [-0.25, -0.2) is 0 Å². The second kappa shape index (κ2) is 6.43. The number of likely N-dealkylation sites (tertiary alicyclic amines) is 1. The van der Waals surface area contributed by atoms with Gasteiger partial charge in [-0.15, -0.1) is 0 Å². The largest absolute Gasteiger partial charge is 0.383 e. The normalized spacial score (nSPS) is 24.7. The van der Waals surface area contributed by atoms with E-state index < -0.39 is 0 Å². The van der Waals surface area contributed by atoms with Crippen LogP contribution in [0.1, 0.15) is 18.2 Å². The summed E-state index contributed by atoms with van der Waals surface area (Å²) in [4.78, 5) is 6.85. The molecule has 2 unspecified atom stereocenters. The van der Waals surface area contributed by atoms with Gasteiger partial charge in [0.05, 0.1) is 18.3 Å². The standard InChI is InChI=1S/C12H17Br2N3O/c1-18-5-4-17-3-2-10(15)12(17)11-9(14)6-8(13)7-16-11/h6-7,10,12H,2-5,15H2,1H3. The van der Waals surface area contributed by atoms with Crippen LogP contribution >= 0.6 is 31.9 Å². The third kappa shape index (κ3) is 3.11. The predicted molar refractivity (Wildman–Crippen MR) is 78.4 cm³/mol. The van der Waals surface area contributed by atoms with Gasteiger partial charge in [-0.05, 0) is 44.3 Å². The number of nitrogens with two attached hydrogens (primary N) is 1. The number of nitrogens with zero attached hydrogens (tertiary/aromatic N) is 2. The van der Waals surface area contributed by atoms with Crippen molar-refractivity contribution in [1.82, 2.24) is 9.88 Å². The maximum Gasteiger partial charge on any atom is 0.0733 e. The van der Waals surface area contributed by atoms with E-state index in [1.165, 1.54) is 0 Å². The molecule has 0 aliphatic carbocycles. The number of aromatic nitrogens is 1. The molecule has 0 saturated carbocycles. The lowest BCUT2D eigenvalue weighted by Gasteiger charge is -2.26. The van der Waals surface area contributed by atoms with Crippen LogP contribution in [-0.4, -0.2) is 42.7 Å². The van der Waals surface area contributed by atoms with Crippen molar-refractivity contribution in [2.75, 3.05) is 26.8 Å². The van der Waals surface area contributed by atoms with E-state index in [2.05, 4.69) is 41.7 Å². The lowest BCUT2D eigenvalue weighted by Crippen LogP contribution is -2.34. The van der Waals surface area contributed by atoms with Crippen LogP contribution in [0.3, 0.4) is 0 Å². The Morgan fingerprint density at radius 3 is 3.00 bits per heavy atom. The lowest BCUT2D eigenvalue weighted by molar-refractivity contribution is 0.137. The third-order valence-electron chi connectivity index (χ3n) is 3.25. The van der Waals surface area contributed by atoms with Crippen molar-refractivity contribution in [3.63, 3.8) is 0 Å². The van der Waals surface area contributed by atoms with Crippen molar-refractivity contribution in [1.29, 1.82) is 0 Å². The van der Waals surface area contributed by atoms with E-state index in [0.717, 1.165) is 40.8 Å². The quantitative estimate of drug-likeness (QED) is 0.873. The minimum absolute atomic E-state index is 0.131. The van der Waals surface area contributed by atoms with Crippen LogP contribution < -0.4 is 5.73 Å². The summed E-state index contributed by atoms with van der Waals surface area (Å²) in [5, 5.41) is 0. The molecular weight excluding hydrogens is 362 g/mol. The van der Waals surface area contributed by atoms with Gasteiger partial charge in [0.15, 0.2) is 0 Å². The molecule has 1 saturated heterocycles. The molecule has 4 nitrogen and oxygen atoms in total. The fourth-order valence-corrected chi connectivity index (χ4v) is 3.58. The number of methoxy groups -OCH3 is 1. The zero-order valence-electron chi connectivity index (χ0n) is 10.3. The first-order valence-corrected chi connectivity index (χ1v) is 7.51. The number of ether oxygens (including phenoxy) is 1. The van der Waals surface area contributed by atoms with E-state index in [9.17, 15) is 0 Å². The predicted octanol–water partition coefficient (Wildman–Crippen LogP) is 2.33. The summed E-state index contributed by atoms with van der Waals surface area (Å²) in [6, 6.07) is 2.32. The average molecular weight is 379 g/mol. The summed E-state index contributed by atoms with van der Waals surface area (Å²) >= 11 is 6.99. The molecule has 6 heteroatoms. The SMILES string of the molecule is COCCN1CCC(N)C1c1ncc(Br)cc1Br. The van der Waals surface area contributed by atoms with Crippen molar-refractivity contribution in [3.8, 4) is 0 Å². The highest BCUT2D eigenvalue weighted by molar-refractivity contribution is 9.11. The van der Waals surface area contributed by atoms with E-state index in [0.29, 0.717) is 0 Å². The number of hydrogen-bond acceptors (Lipinski definition) is 4. The van der Waals surface area contributed by atoms with Crippen molar-refractivity contribution >= 4 is 31.9 Å². The number of pyridine rings is 1. The van der Waals surface area contributed by atoms with Gasteiger partial charge in [0.25, 0.3) is 0 Å². The molecule has 1 aromatic rings. The Labute approximate surface area is 124 Å². The lowest BCUT2D eigenvalue weighted by atomic mass is 10.1. The summed E-state index contributed by atoms with van der Waals surface area (Å²) in [5.74, 6) is 0. The second-order valence-corrected chi connectivity index (χ2v) is 6.22. The smallest absolute Gasteiger partial charge is 0.0733 e. The maximum absolute atomic E-state index is 6.23. The highest BCUT2D eigenvalue weighted by Gasteiger charge is 2.34. The van der Waals surface area contributed by atoms with Crippen molar-refractivity contribution in [2.45, 2.75) is 18.5 Å². The molecule has 0 aromatic carbocycles. The molecule has 0 spiro atoms. The van der Waals surface area contributed by atoms with Gasteiger partial charge in [-0.2, -0.15) is 0 Å². The van der Waals surface area contributed by atoms with Gasteiger partial charge < -0.3 is 10.5 Å². The van der Waals surface area contributed by atoms with E-state index in [-0.39, 0.29) is 12.1 Å². The fraction of sp³-hybridized carbons (Fsp3) is 0.583. The Bertz CT molecular complexity index is 416. The molecule has 100 valence electrons. The number of halogens is 2. The first kappa shape index (κ1) is 14.4. The van der Waals surface area contributed by atoms with Crippen molar-refractivity contribution in [2.24, 2.45) is 5.73 Å². The Balaban J connectivity index is 2.22. The van der Waals surface area contributed by atoms with Gasteiger partial charge in [0.2, 0.25) is 0 Å². The molecule has 2 atom stereocenters. The summed E-state index contributed by atoms with van der Waals surface area (Å²) < 4.78 is 7.12. The summed E-state index contributed by atoms with van der Waals surface area (Å²) in [7, 11) is 1.72. The first-order chi connectivity index (χ1) is 8.63. The molecule has 2 heterocycles. The summed E-state index contributed by atoms with van der Waals surface area (Å²) in [6.07, 6.45) is 2.82. The molecule has 1 aromatic heterocycles. The molecule has 0 bridgehead atoms. The zero-order valence-corrected chi connectivity index (χ0v) is 13.4. The van der Waals surface area contributed by atoms with Gasteiger partial charge in [0.1, 0.15) is 0 Å². The van der Waals surface area contributed by atoms with Gasteiger partial charge in [0, 0.05) is 41.4 Å². The molecule has 1 aliphatic rings. The minimum Gasteiger partial charge on any atom is -0.383 e. The average Bonchev–Trinajstić information content (AvgIpc) is 2.68. The van der Waals surface area contributed by atoms with Crippen LogP contribution in [0.2, 0.25) is 0 Å². The fourth-order valence-electron chi connectivity index (χ4n) is 2.36. The van der Waals surface area contributed by atoms with Crippen LogP contribution in [0.4, 0.5) is 0 Å². The molecule has 2 rings (SSSR count). The van der Waals surface area contributed by atoms with E-state index in [1.807, 2.05) is 12.3 Å². The van der Waals surface area contributed by atoms with Crippen molar-refractivity contribution < 1.29 is 4.74 Å². The monoisotopic (exact) mass is 377 g/mol. The highest BCUT2D eigenvalue weighted by atomic mass is 79.9. The topological polar surface area (TPSA) is 51.4 Å². The molecule has 1 aliphatic heterocycles. The summed E-state index contributed by atoms with van der Waals surface area (Å²) in [6.45, 7) is 2.61. The zero-order chi connectivity index (χ0) is 13.1. The van der Waals surface area contributed by atoms with E-state index >= 15 is 0 Å². The maximum atomic E-state index is 6.23. The van der Waals surface area contributed by atoms with Crippen LogP contribution in [-0.2, 0) is 4.74 Å². The Morgan fingerprint density at radius 2 is 2.33 bits per heavy atom. The van der Waals surface area contributed by atoms with Gasteiger partial charge in [-0.1, -0.05) is 0 Å². The second-order valence-electron chi connectivity index (χ2n) is 4.45. The molecule has 0 radical (unpaired) electrons. The molecule has 18 heavy (non-hydrogen) atoms. The Morgan fingerprint density at radius 1 is 1.56 bits per heavy atom. The minimum atomic E-state index is 0.131. The number of hydrogen-bond donors (Lipinski definition) is 1. The van der Waals surface area contributed by atoms with E-state index in [4.69, 9.17) is 10.5 Å². The Kier molecular flexibility index (Phi) is 5.14. The Hall–Kier alpha value is -0.0100. The van der Waals surface area contributed by atoms with Gasteiger partial charge in [-0.3, -0.25) is 9.88 Å². The van der Waals surface area contributed by atoms with Crippen LogP contribution in [0.25, 0.3) is 0 Å². The van der Waals surface area contributed by atoms with Crippen LogP contribution in [0, 0.1) is 0 Å². The number of rotatable bonds is 4. The summed E-state index contributed by atoms with van der Waals surface area (Å²) in [5.41, 5.74) is 7.24. The molecule has 0 amide bonds. The third-order valence-corrected chi connectivity index (χ3v) is 4.32. The first-order valence-electron chi connectivity index (χ1n) is 5.93. The molecular formula is C12H17Br2N3O. The van der Waals surface area contributed by atoms with E-state index in [1.54, 1.807) is 7.11 Å². The van der Waals surface area contributed by atoms with Crippen LogP contribution in [0.5, 0.6) is 0 Å².